The van der Waals surface area contributed by atoms with Gasteiger partial charge in [-0.05, 0) is 19.3 Å². The van der Waals surface area contributed by atoms with Gasteiger partial charge >= 0.3 is 0 Å². The van der Waals surface area contributed by atoms with Crippen LogP contribution in [0.1, 0.15) is 25.7 Å². The summed E-state index contributed by atoms with van der Waals surface area (Å²) in [7, 11) is 0. The number of alkyl halides is 1. The lowest BCUT2D eigenvalue weighted by Crippen LogP contribution is -2.29. The molecule has 2 fully saturated rings. The second kappa shape index (κ2) is 4.26. The van der Waals surface area contributed by atoms with E-state index in [0.717, 1.165) is 37.6 Å². The Bertz CT molecular complexity index is 168. The fourth-order valence-electron chi connectivity index (χ4n) is 1.78. The Kier molecular flexibility index (Phi) is 3.24. The van der Waals surface area contributed by atoms with Crippen molar-refractivity contribution in [2.45, 2.75) is 37.8 Å². The Morgan fingerprint density at radius 1 is 1.38 bits per heavy atom. The lowest BCUT2D eigenvalue weighted by molar-refractivity contribution is -0.313. The van der Waals surface area contributed by atoms with Gasteiger partial charge in [-0.25, -0.2) is 0 Å². The zero-order valence-electron chi connectivity index (χ0n) is 7.63. The van der Waals surface area contributed by atoms with Crippen LogP contribution in [0.5, 0.6) is 0 Å². The highest BCUT2D eigenvalue weighted by Gasteiger charge is 2.45. The summed E-state index contributed by atoms with van der Waals surface area (Å²) in [6.45, 7) is 1.46. The van der Waals surface area contributed by atoms with Crippen LogP contribution >= 0.6 is 15.9 Å². The molecule has 0 aromatic carbocycles. The molecule has 2 aliphatic rings. The maximum Gasteiger partial charge on any atom is 0.283 e. The van der Waals surface area contributed by atoms with Crippen LogP contribution < -0.4 is 0 Å². The summed E-state index contributed by atoms with van der Waals surface area (Å²) in [5, 5.41) is 1.03. The molecule has 0 bridgehead atoms. The van der Waals surface area contributed by atoms with Gasteiger partial charge < -0.3 is 14.2 Å². The summed E-state index contributed by atoms with van der Waals surface area (Å²) < 4.78 is 16.8. The highest BCUT2D eigenvalue weighted by atomic mass is 79.9. The van der Waals surface area contributed by atoms with Gasteiger partial charge in [0.05, 0.1) is 19.3 Å². The Balaban J connectivity index is 1.79. The standard InChI is InChI=1S/C9H15BrO3/c10-5-1-3-8-7-12-9(13-8)4-2-6-11-9/h8H,1-7H2. The van der Waals surface area contributed by atoms with Crippen LogP contribution in [0.4, 0.5) is 0 Å². The van der Waals surface area contributed by atoms with Gasteiger partial charge in [-0.2, -0.15) is 0 Å². The predicted molar refractivity (Wildman–Crippen MR) is 51.8 cm³/mol. The van der Waals surface area contributed by atoms with E-state index in [1.807, 2.05) is 0 Å². The summed E-state index contributed by atoms with van der Waals surface area (Å²) >= 11 is 3.40. The molecular formula is C9H15BrO3. The Morgan fingerprint density at radius 2 is 2.31 bits per heavy atom. The number of hydrogen-bond donors (Lipinski definition) is 0. The second-order valence-corrected chi connectivity index (χ2v) is 4.31. The highest BCUT2D eigenvalue weighted by Crippen LogP contribution is 2.35. The summed E-state index contributed by atoms with van der Waals surface area (Å²) in [5.41, 5.74) is 0. The fourth-order valence-corrected chi connectivity index (χ4v) is 2.11. The number of hydrogen-bond acceptors (Lipinski definition) is 3. The van der Waals surface area contributed by atoms with Gasteiger partial charge in [0, 0.05) is 11.8 Å². The van der Waals surface area contributed by atoms with E-state index in [0.29, 0.717) is 6.61 Å². The first kappa shape index (κ1) is 9.90. The molecule has 0 amide bonds. The first-order chi connectivity index (χ1) is 6.35. The van der Waals surface area contributed by atoms with Crippen LogP contribution in [-0.2, 0) is 14.2 Å². The third kappa shape index (κ3) is 2.24. The molecule has 0 aromatic heterocycles. The number of ether oxygens (including phenoxy) is 3. The minimum atomic E-state index is -0.656. The third-order valence-corrected chi connectivity index (χ3v) is 3.01. The average Bonchev–Trinajstić information content (AvgIpc) is 2.74. The Hall–Kier alpha value is 0.360. The van der Waals surface area contributed by atoms with Gasteiger partial charge in [0.2, 0.25) is 0 Å². The first-order valence-electron chi connectivity index (χ1n) is 4.86. The summed E-state index contributed by atoms with van der Waals surface area (Å²) in [5.74, 6) is -0.656. The molecular weight excluding hydrogens is 236 g/mol. The molecule has 2 rings (SSSR count). The van der Waals surface area contributed by atoms with E-state index < -0.39 is 5.97 Å². The minimum Gasteiger partial charge on any atom is -0.327 e. The van der Waals surface area contributed by atoms with Gasteiger partial charge in [0.1, 0.15) is 0 Å². The van der Waals surface area contributed by atoms with Crippen LogP contribution in [-0.4, -0.2) is 30.6 Å². The Morgan fingerprint density at radius 3 is 3.00 bits per heavy atom. The minimum absolute atomic E-state index is 0.232. The molecule has 4 heteroatoms. The zero-order chi connectivity index (χ0) is 9.15. The van der Waals surface area contributed by atoms with Crippen LogP contribution in [0.3, 0.4) is 0 Å². The average molecular weight is 251 g/mol. The van der Waals surface area contributed by atoms with Crippen molar-refractivity contribution < 1.29 is 14.2 Å². The van der Waals surface area contributed by atoms with Crippen molar-refractivity contribution in [3.05, 3.63) is 0 Å². The van der Waals surface area contributed by atoms with Crippen molar-refractivity contribution in [1.82, 2.24) is 0 Å². The molecule has 13 heavy (non-hydrogen) atoms. The first-order valence-corrected chi connectivity index (χ1v) is 5.98. The lowest BCUT2D eigenvalue weighted by Gasteiger charge is -2.20. The molecule has 0 aliphatic carbocycles. The molecule has 0 N–H and O–H groups in total. The smallest absolute Gasteiger partial charge is 0.283 e. The van der Waals surface area contributed by atoms with Crippen molar-refractivity contribution in [2.75, 3.05) is 18.5 Å². The maximum atomic E-state index is 5.75. The van der Waals surface area contributed by atoms with Gasteiger partial charge in [-0.15, -0.1) is 0 Å². The van der Waals surface area contributed by atoms with Gasteiger partial charge in [-0.3, -0.25) is 0 Å². The van der Waals surface area contributed by atoms with E-state index in [1.165, 1.54) is 0 Å². The van der Waals surface area contributed by atoms with Crippen LogP contribution in [0, 0.1) is 0 Å². The summed E-state index contributed by atoms with van der Waals surface area (Å²) in [6.07, 6.45) is 4.35. The molecule has 0 saturated carbocycles. The third-order valence-electron chi connectivity index (χ3n) is 2.44. The van der Waals surface area contributed by atoms with Gasteiger partial charge in [0.15, 0.2) is 0 Å². The van der Waals surface area contributed by atoms with Crippen molar-refractivity contribution >= 4 is 15.9 Å². The van der Waals surface area contributed by atoms with Crippen molar-refractivity contribution in [3.63, 3.8) is 0 Å². The second-order valence-electron chi connectivity index (χ2n) is 3.52. The van der Waals surface area contributed by atoms with E-state index in [4.69, 9.17) is 14.2 Å². The van der Waals surface area contributed by atoms with Crippen LogP contribution in [0.2, 0.25) is 0 Å². The molecule has 0 aromatic rings. The van der Waals surface area contributed by atoms with E-state index in [1.54, 1.807) is 0 Å². The molecule has 2 atom stereocenters. The van der Waals surface area contributed by atoms with E-state index in [9.17, 15) is 0 Å². The monoisotopic (exact) mass is 250 g/mol. The van der Waals surface area contributed by atoms with Crippen molar-refractivity contribution in [3.8, 4) is 0 Å². The van der Waals surface area contributed by atoms with Crippen molar-refractivity contribution in [2.24, 2.45) is 0 Å². The van der Waals surface area contributed by atoms with Crippen molar-refractivity contribution in [1.29, 1.82) is 0 Å². The molecule has 76 valence electrons. The Labute approximate surface area is 86.9 Å². The molecule has 0 radical (unpaired) electrons. The molecule has 2 unspecified atom stereocenters. The van der Waals surface area contributed by atoms with Gasteiger partial charge in [0.25, 0.3) is 5.97 Å². The van der Waals surface area contributed by atoms with E-state index in [2.05, 4.69) is 15.9 Å². The molecule has 2 aliphatic heterocycles. The quantitative estimate of drug-likeness (QED) is 0.718. The van der Waals surface area contributed by atoms with Crippen LogP contribution in [0.15, 0.2) is 0 Å². The number of rotatable bonds is 3. The maximum absolute atomic E-state index is 5.75. The van der Waals surface area contributed by atoms with E-state index in [-0.39, 0.29) is 6.10 Å². The lowest BCUT2D eigenvalue weighted by atomic mass is 10.2. The zero-order valence-corrected chi connectivity index (χ0v) is 9.22. The van der Waals surface area contributed by atoms with E-state index >= 15 is 0 Å². The summed E-state index contributed by atoms with van der Waals surface area (Å²) in [6, 6.07) is 0. The highest BCUT2D eigenvalue weighted by molar-refractivity contribution is 9.09. The predicted octanol–water partition coefficient (Wildman–Crippen LogP) is 2.04. The molecule has 1 spiro atoms. The summed E-state index contributed by atoms with van der Waals surface area (Å²) in [4.78, 5) is 0. The number of halogens is 1. The fraction of sp³-hybridized carbons (Fsp3) is 1.00. The van der Waals surface area contributed by atoms with Crippen LogP contribution in [0.25, 0.3) is 0 Å². The molecule has 3 nitrogen and oxygen atoms in total. The molecule has 2 saturated heterocycles. The van der Waals surface area contributed by atoms with Gasteiger partial charge in [-0.1, -0.05) is 15.9 Å². The molecule has 2 heterocycles. The SMILES string of the molecule is BrCCCC1COC2(CCCO2)O1. The normalized spacial score (nSPS) is 39.0. The largest absolute Gasteiger partial charge is 0.327 e. The topological polar surface area (TPSA) is 27.7 Å².